The van der Waals surface area contributed by atoms with Crippen molar-refractivity contribution < 1.29 is 24.1 Å². The highest BCUT2D eigenvalue weighted by molar-refractivity contribution is 5.96. The van der Waals surface area contributed by atoms with E-state index in [0.717, 1.165) is 0 Å². The van der Waals surface area contributed by atoms with Crippen LogP contribution in [0.5, 0.6) is 23.0 Å². The Kier molecular flexibility index (Phi) is 5.85. The highest BCUT2D eigenvalue weighted by atomic mass is 16.5. The van der Waals surface area contributed by atoms with Crippen molar-refractivity contribution in [2.45, 2.75) is 6.92 Å². The van der Waals surface area contributed by atoms with Gasteiger partial charge in [-0.05, 0) is 43.3 Å². The maximum absolute atomic E-state index is 12.3. The number of carbonyl (C=O) groups is 1. The zero-order valence-corrected chi connectivity index (χ0v) is 14.7. The number of ether oxygens (including phenoxy) is 3. The molecule has 0 amide bonds. The quantitative estimate of drug-likeness (QED) is 0.241. The number of nitrogens with two attached hydrogens (primary N) is 1. The number of phenolic OH excluding ortho intramolecular Hbond substituents is 1. The zero-order chi connectivity index (χ0) is 19.3. The molecule has 7 heteroatoms. The molecule has 0 bridgehead atoms. The van der Waals surface area contributed by atoms with E-state index in [9.17, 15) is 9.90 Å². The Morgan fingerprint density at radius 1 is 1.12 bits per heavy atom. The second-order valence-corrected chi connectivity index (χ2v) is 5.42. The van der Waals surface area contributed by atoms with Crippen molar-refractivity contribution in [3.8, 4) is 23.0 Å². The Balaban J connectivity index is 2.23. The van der Waals surface area contributed by atoms with Gasteiger partial charge >= 0.3 is 5.97 Å². The first-order valence-corrected chi connectivity index (χ1v) is 7.65. The smallest absolute Gasteiger partial charge is 0.339 e. The Hall–Kier alpha value is -3.48. The number of aromatic hydroxyl groups is 1. The number of hydrogen-bond acceptors (Lipinski definition) is 6. The van der Waals surface area contributed by atoms with Gasteiger partial charge in [0.25, 0.3) is 0 Å². The van der Waals surface area contributed by atoms with E-state index in [1.165, 1.54) is 26.4 Å². The molecule has 26 heavy (non-hydrogen) atoms. The third-order valence-electron chi connectivity index (χ3n) is 3.60. The van der Waals surface area contributed by atoms with Crippen LogP contribution in [0.3, 0.4) is 0 Å². The van der Waals surface area contributed by atoms with Gasteiger partial charge in [-0.1, -0.05) is 0 Å². The number of rotatable bonds is 6. The summed E-state index contributed by atoms with van der Waals surface area (Å²) in [5.74, 6) is 0.276. The third-order valence-corrected chi connectivity index (χ3v) is 3.60. The van der Waals surface area contributed by atoms with Gasteiger partial charge in [-0.25, -0.2) is 4.79 Å². The molecule has 0 unspecified atom stereocenters. The number of phenols is 1. The van der Waals surface area contributed by atoms with Gasteiger partial charge < -0.3 is 25.1 Å². The second kappa shape index (κ2) is 8.06. The number of amidine groups is 1. The molecule has 0 aromatic heterocycles. The number of benzene rings is 2. The lowest BCUT2D eigenvalue weighted by atomic mass is 10.1. The van der Waals surface area contributed by atoms with E-state index in [1.54, 1.807) is 37.3 Å². The van der Waals surface area contributed by atoms with Gasteiger partial charge in [-0.3, -0.25) is 5.41 Å². The largest absolute Gasteiger partial charge is 0.504 e. The summed E-state index contributed by atoms with van der Waals surface area (Å²) < 4.78 is 15.5. The van der Waals surface area contributed by atoms with Crippen molar-refractivity contribution in [2.24, 2.45) is 5.73 Å². The molecule has 0 aliphatic carbocycles. The van der Waals surface area contributed by atoms with Gasteiger partial charge in [0.05, 0.1) is 14.2 Å². The first-order chi connectivity index (χ1) is 12.3. The zero-order valence-electron chi connectivity index (χ0n) is 14.7. The molecule has 2 aromatic carbocycles. The van der Waals surface area contributed by atoms with Crippen LogP contribution in [0.25, 0.3) is 6.08 Å². The van der Waals surface area contributed by atoms with Crippen molar-refractivity contribution in [3.63, 3.8) is 0 Å². The van der Waals surface area contributed by atoms with Gasteiger partial charge in [0, 0.05) is 22.8 Å². The van der Waals surface area contributed by atoms with Gasteiger partial charge in [-0.15, -0.1) is 0 Å². The molecule has 2 aromatic rings. The van der Waals surface area contributed by atoms with E-state index < -0.39 is 5.97 Å². The summed E-state index contributed by atoms with van der Waals surface area (Å²) in [6, 6.07) is 9.39. The first-order valence-electron chi connectivity index (χ1n) is 7.65. The minimum atomic E-state index is -0.582. The number of methoxy groups -OCH3 is 2. The molecule has 0 aliphatic heterocycles. The van der Waals surface area contributed by atoms with E-state index in [4.69, 9.17) is 25.4 Å². The minimum Gasteiger partial charge on any atom is -0.504 e. The van der Waals surface area contributed by atoms with Gasteiger partial charge in [-0.2, -0.15) is 0 Å². The van der Waals surface area contributed by atoms with Crippen molar-refractivity contribution in [3.05, 3.63) is 53.1 Å². The lowest BCUT2D eigenvalue weighted by molar-refractivity contribution is -0.130. The van der Waals surface area contributed by atoms with Crippen molar-refractivity contribution in [2.75, 3.05) is 14.2 Å². The predicted octanol–water partition coefficient (Wildman–Crippen LogP) is 2.70. The van der Waals surface area contributed by atoms with Crippen LogP contribution in [0.2, 0.25) is 0 Å². The van der Waals surface area contributed by atoms with Crippen LogP contribution in [0.1, 0.15) is 18.1 Å². The number of nitrogen functional groups attached to an aromatic ring is 1. The van der Waals surface area contributed by atoms with Gasteiger partial charge in [0.15, 0.2) is 11.5 Å². The van der Waals surface area contributed by atoms with E-state index in [1.807, 2.05) is 0 Å². The highest BCUT2D eigenvalue weighted by Gasteiger charge is 2.13. The van der Waals surface area contributed by atoms with Crippen LogP contribution in [-0.4, -0.2) is 31.1 Å². The fraction of sp³-hybridized carbons (Fsp3) is 0.158. The third kappa shape index (κ3) is 4.32. The summed E-state index contributed by atoms with van der Waals surface area (Å²) in [6.45, 7) is 1.57. The van der Waals surface area contributed by atoms with Crippen molar-refractivity contribution in [1.82, 2.24) is 0 Å². The summed E-state index contributed by atoms with van der Waals surface area (Å²) in [5, 5.41) is 17.5. The maximum atomic E-state index is 12.3. The molecule has 0 spiro atoms. The second-order valence-electron chi connectivity index (χ2n) is 5.42. The standard InChI is InChI=1S/C19H20N2O5/c1-11(8-13-9-15(24-2)10-16(25-3)17(13)22)19(23)26-14-6-4-12(5-7-14)18(20)21/h4-10,22H,1-3H3,(H3,20,21)/b11-8+. The number of hydrogen-bond donors (Lipinski definition) is 3. The number of esters is 1. The molecule has 0 heterocycles. The molecule has 136 valence electrons. The molecule has 2 rings (SSSR count). The predicted molar refractivity (Wildman–Crippen MR) is 98.0 cm³/mol. The van der Waals surface area contributed by atoms with Crippen molar-refractivity contribution >= 4 is 17.9 Å². The summed E-state index contributed by atoms with van der Waals surface area (Å²) >= 11 is 0. The Morgan fingerprint density at radius 2 is 1.77 bits per heavy atom. The summed E-state index contributed by atoms with van der Waals surface area (Å²) in [6.07, 6.45) is 1.48. The number of nitrogens with one attached hydrogen (secondary N) is 1. The Bertz CT molecular complexity index is 857. The van der Waals surface area contributed by atoms with E-state index in [2.05, 4.69) is 0 Å². The number of carbonyl (C=O) groups excluding carboxylic acids is 1. The van der Waals surface area contributed by atoms with Crippen LogP contribution in [0, 0.1) is 5.41 Å². The Labute approximate surface area is 151 Å². The molecule has 0 aliphatic rings. The van der Waals surface area contributed by atoms with Gasteiger partial charge in [0.1, 0.15) is 17.3 Å². The normalized spacial score (nSPS) is 11.0. The van der Waals surface area contributed by atoms with E-state index in [-0.39, 0.29) is 22.9 Å². The fourth-order valence-electron chi connectivity index (χ4n) is 2.17. The molecule has 7 nitrogen and oxygen atoms in total. The molecule has 0 saturated carbocycles. The highest BCUT2D eigenvalue weighted by Crippen LogP contribution is 2.35. The van der Waals surface area contributed by atoms with Crippen LogP contribution in [-0.2, 0) is 4.79 Å². The first kappa shape index (κ1) is 18.9. The average Bonchev–Trinajstić information content (AvgIpc) is 2.63. The molecular weight excluding hydrogens is 336 g/mol. The summed E-state index contributed by atoms with van der Waals surface area (Å²) in [4.78, 5) is 12.3. The summed E-state index contributed by atoms with van der Waals surface area (Å²) in [5.41, 5.74) is 6.55. The fourth-order valence-corrected chi connectivity index (χ4v) is 2.17. The van der Waals surface area contributed by atoms with Gasteiger partial charge in [0.2, 0.25) is 0 Å². The molecule has 4 N–H and O–H groups in total. The molecule has 0 saturated heterocycles. The van der Waals surface area contributed by atoms with Crippen molar-refractivity contribution in [1.29, 1.82) is 5.41 Å². The van der Waals surface area contributed by atoms with Crippen LogP contribution < -0.4 is 19.9 Å². The van der Waals surface area contributed by atoms with Crippen LogP contribution in [0.4, 0.5) is 0 Å². The molecule has 0 fully saturated rings. The van der Waals surface area contributed by atoms with E-state index >= 15 is 0 Å². The maximum Gasteiger partial charge on any atom is 0.339 e. The topological polar surface area (TPSA) is 115 Å². The lowest BCUT2D eigenvalue weighted by Crippen LogP contribution is -2.12. The molecular formula is C19H20N2O5. The molecule has 0 atom stereocenters. The summed E-state index contributed by atoms with van der Waals surface area (Å²) in [7, 11) is 2.92. The SMILES string of the molecule is COc1cc(/C=C(\C)C(=O)Oc2ccc(C(=N)N)cc2)c(O)c(OC)c1. The lowest BCUT2D eigenvalue weighted by Gasteiger charge is -2.10. The van der Waals surface area contributed by atoms with Crippen LogP contribution >= 0.6 is 0 Å². The van der Waals surface area contributed by atoms with Crippen LogP contribution in [0.15, 0.2) is 42.0 Å². The monoisotopic (exact) mass is 356 g/mol. The van der Waals surface area contributed by atoms with E-state index in [0.29, 0.717) is 22.6 Å². The average molecular weight is 356 g/mol. The Morgan fingerprint density at radius 3 is 2.31 bits per heavy atom. The minimum absolute atomic E-state index is 0.0681. The molecule has 0 radical (unpaired) electrons.